The lowest BCUT2D eigenvalue weighted by Crippen LogP contribution is -2.48. The molecule has 11 heteroatoms. The zero-order valence-corrected chi connectivity index (χ0v) is 31.9. The second-order valence-electron chi connectivity index (χ2n) is 15.4. The van der Waals surface area contributed by atoms with Crippen molar-refractivity contribution in [1.29, 1.82) is 0 Å². The number of pyridine rings is 1. The predicted octanol–water partition coefficient (Wildman–Crippen LogP) is 6.55. The van der Waals surface area contributed by atoms with Crippen LogP contribution in [0.25, 0.3) is 39.1 Å². The van der Waals surface area contributed by atoms with E-state index in [1.807, 2.05) is 60.4 Å². The maximum atomic E-state index is 14.6. The van der Waals surface area contributed by atoms with Crippen molar-refractivity contribution in [3.63, 3.8) is 0 Å². The van der Waals surface area contributed by atoms with Gasteiger partial charge in [-0.2, -0.15) is 5.10 Å². The van der Waals surface area contributed by atoms with Gasteiger partial charge in [0.15, 0.2) is 5.65 Å². The lowest BCUT2D eigenvalue weighted by molar-refractivity contribution is 0.104. The fourth-order valence-electron chi connectivity index (χ4n) is 8.43. The lowest BCUT2D eigenvalue weighted by atomic mass is 9.90. The number of hydrogen-bond acceptors (Lipinski definition) is 7. The summed E-state index contributed by atoms with van der Waals surface area (Å²) in [6, 6.07) is 28.2. The van der Waals surface area contributed by atoms with Crippen LogP contribution in [0.2, 0.25) is 0 Å². The lowest BCUT2D eigenvalue weighted by Gasteiger charge is -2.36. The highest BCUT2D eigenvalue weighted by molar-refractivity contribution is 5.76. The zero-order valence-electron chi connectivity index (χ0n) is 31.9. The normalized spacial score (nSPS) is 18.3. The van der Waals surface area contributed by atoms with Crippen LogP contribution in [0.15, 0.2) is 107 Å². The molecule has 284 valence electrons. The number of aryl methyl sites for hydroxylation is 1. The van der Waals surface area contributed by atoms with Crippen molar-refractivity contribution in [2.45, 2.75) is 70.7 Å². The van der Waals surface area contributed by atoms with Crippen molar-refractivity contribution in [3.8, 4) is 28.1 Å². The molecule has 10 nitrogen and oxygen atoms in total. The van der Waals surface area contributed by atoms with Crippen molar-refractivity contribution in [2.75, 3.05) is 26.2 Å². The molecule has 1 saturated heterocycles. The quantitative estimate of drug-likeness (QED) is 0.170. The summed E-state index contributed by atoms with van der Waals surface area (Å²) in [5.41, 5.74) is 6.31. The maximum Gasteiger partial charge on any atom is 0.337 e. The topological polar surface area (TPSA) is 93.2 Å². The van der Waals surface area contributed by atoms with Gasteiger partial charge < -0.3 is 5.32 Å². The summed E-state index contributed by atoms with van der Waals surface area (Å²) >= 11 is 0. The van der Waals surface area contributed by atoms with Crippen LogP contribution in [-0.2, 0) is 20.1 Å². The molecule has 0 bridgehead atoms. The Labute approximate surface area is 320 Å². The average Bonchev–Trinajstić information content (AvgIpc) is 3.58. The fourth-order valence-corrected chi connectivity index (χ4v) is 8.43. The summed E-state index contributed by atoms with van der Waals surface area (Å²) < 4.78 is 19.4. The van der Waals surface area contributed by atoms with Crippen LogP contribution in [0.5, 0.6) is 0 Å². The second-order valence-corrected chi connectivity index (χ2v) is 15.4. The third kappa shape index (κ3) is 7.69. The van der Waals surface area contributed by atoms with Crippen molar-refractivity contribution in [2.24, 2.45) is 7.05 Å². The van der Waals surface area contributed by atoms with Crippen LogP contribution >= 0.6 is 0 Å². The van der Waals surface area contributed by atoms with E-state index in [0.29, 0.717) is 31.1 Å². The Bertz CT molecular complexity index is 2390. The SMILES string of the molecule is CC(C)N1CCN(Cc2ccc(-c3cccc(-n4c(=O)n([C@H]5CC[C@@H](NCc6cnn(C)c6-c6ccccc6)CC5)c(=O)c5cc(F)cnc54)c3)cc2)CC1. The number of fused-ring (bicyclic) bond motifs is 1. The van der Waals surface area contributed by atoms with E-state index in [1.54, 1.807) is 0 Å². The van der Waals surface area contributed by atoms with E-state index >= 15 is 0 Å². The minimum absolute atomic E-state index is 0.0915. The molecular formula is C44H49FN8O2. The van der Waals surface area contributed by atoms with E-state index in [-0.39, 0.29) is 23.1 Å². The molecule has 0 atom stereocenters. The molecule has 55 heavy (non-hydrogen) atoms. The van der Waals surface area contributed by atoms with Gasteiger partial charge in [0.25, 0.3) is 5.56 Å². The van der Waals surface area contributed by atoms with Gasteiger partial charge in [0.05, 0.1) is 29.2 Å². The second kappa shape index (κ2) is 15.9. The van der Waals surface area contributed by atoms with Crippen LogP contribution in [0.1, 0.15) is 56.7 Å². The third-order valence-electron chi connectivity index (χ3n) is 11.5. The molecule has 6 aromatic rings. The summed E-state index contributed by atoms with van der Waals surface area (Å²) in [6.07, 6.45) is 5.83. The number of nitrogens with one attached hydrogen (secondary N) is 1. The van der Waals surface area contributed by atoms with Crippen LogP contribution in [-0.4, -0.2) is 72.0 Å². The van der Waals surface area contributed by atoms with Gasteiger partial charge in [-0.25, -0.2) is 18.7 Å². The first-order chi connectivity index (χ1) is 26.7. The minimum atomic E-state index is -0.616. The largest absolute Gasteiger partial charge is 0.337 e. The van der Waals surface area contributed by atoms with E-state index in [1.165, 1.54) is 20.8 Å². The molecule has 0 radical (unpaired) electrons. The highest BCUT2D eigenvalue weighted by atomic mass is 19.1. The van der Waals surface area contributed by atoms with Crippen molar-refractivity contribution >= 4 is 11.0 Å². The molecule has 1 aliphatic heterocycles. The first kappa shape index (κ1) is 36.7. The van der Waals surface area contributed by atoms with E-state index < -0.39 is 17.1 Å². The van der Waals surface area contributed by atoms with E-state index in [4.69, 9.17) is 0 Å². The van der Waals surface area contributed by atoms with Crippen molar-refractivity contribution in [1.82, 2.24) is 39.0 Å². The summed E-state index contributed by atoms with van der Waals surface area (Å²) in [7, 11) is 1.96. The van der Waals surface area contributed by atoms with E-state index in [0.717, 1.165) is 79.7 Å². The Morgan fingerprint density at radius 3 is 2.27 bits per heavy atom. The standard InChI is InChI=1S/C44H49FN8O2/c1-30(2)51-22-20-50(21-23-51)29-31-12-14-32(15-13-31)34-10-7-11-39(24-34)52-42-40(25-36(45)28-47-42)43(54)53(44(52)55)38-18-16-37(17-19-38)46-26-35-27-48-49(3)41(35)33-8-5-4-6-9-33/h4-15,24-25,27-28,30,37-38,46H,16-23,26,29H2,1-3H3/t37-,38+. The zero-order chi connectivity index (χ0) is 38.1. The summed E-state index contributed by atoms with van der Waals surface area (Å²) in [5.74, 6) is -0.616. The van der Waals surface area contributed by atoms with Gasteiger partial charge in [0.2, 0.25) is 0 Å². The van der Waals surface area contributed by atoms with E-state index in [9.17, 15) is 14.0 Å². The molecular weight excluding hydrogens is 692 g/mol. The average molecular weight is 741 g/mol. The molecule has 0 amide bonds. The van der Waals surface area contributed by atoms with Crippen LogP contribution in [0.3, 0.4) is 0 Å². The smallest absolute Gasteiger partial charge is 0.310 e. The Balaban J connectivity index is 1.01. The van der Waals surface area contributed by atoms with Crippen LogP contribution in [0, 0.1) is 5.82 Å². The Hall–Kier alpha value is -5.23. The summed E-state index contributed by atoms with van der Waals surface area (Å²) in [5, 5.41) is 8.30. The van der Waals surface area contributed by atoms with Gasteiger partial charge in [0.1, 0.15) is 5.82 Å². The number of nitrogens with zero attached hydrogens (tertiary/aromatic N) is 7. The Kier molecular flexibility index (Phi) is 10.6. The first-order valence-electron chi connectivity index (χ1n) is 19.5. The monoisotopic (exact) mass is 740 g/mol. The van der Waals surface area contributed by atoms with Gasteiger partial charge >= 0.3 is 5.69 Å². The molecule has 3 aromatic carbocycles. The third-order valence-corrected chi connectivity index (χ3v) is 11.5. The van der Waals surface area contributed by atoms with Gasteiger partial charge in [0, 0.05) is 75.6 Å². The number of hydrogen-bond donors (Lipinski definition) is 1. The number of halogens is 1. The van der Waals surface area contributed by atoms with Crippen molar-refractivity contribution < 1.29 is 4.39 Å². The molecule has 8 rings (SSSR count). The number of aromatic nitrogens is 5. The maximum absolute atomic E-state index is 14.6. The fraction of sp³-hybridized carbons (Fsp3) is 0.364. The van der Waals surface area contributed by atoms with Gasteiger partial charge in [-0.15, -0.1) is 0 Å². The Morgan fingerprint density at radius 2 is 1.55 bits per heavy atom. The molecule has 3 aromatic heterocycles. The molecule has 1 aliphatic carbocycles. The number of rotatable bonds is 10. The predicted molar refractivity (Wildman–Crippen MR) is 216 cm³/mol. The number of piperazine rings is 1. The molecule has 1 N–H and O–H groups in total. The van der Waals surface area contributed by atoms with E-state index in [2.05, 4.69) is 75.4 Å². The summed E-state index contributed by atoms with van der Waals surface area (Å²) in [6.45, 7) is 10.4. The first-order valence-corrected chi connectivity index (χ1v) is 19.5. The molecule has 0 unspecified atom stereocenters. The molecule has 2 fully saturated rings. The molecule has 0 spiro atoms. The highest BCUT2D eigenvalue weighted by Gasteiger charge is 2.28. The van der Waals surface area contributed by atoms with Crippen molar-refractivity contribution in [3.05, 3.63) is 135 Å². The highest BCUT2D eigenvalue weighted by Crippen LogP contribution is 2.30. The van der Waals surface area contributed by atoms with Crippen LogP contribution < -0.4 is 16.6 Å². The minimum Gasteiger partial charge on any atom is -0.310 e. The number of benzene rings is 3. The summed E-state index contributed by atoms with van der Waals surface area (Å²) in [4.78, 5) is 37.7. The Morgan fingerprint density at radius 1 is 0.818 bits per heavy atom. The van der Waals surface area contributed by atoms with Gasteiger partial charge in [-0.3, -0.25) is 23.8 Å². The molecule has 4 heterocycles. The van der Waals surface area contributed by atoms with Gasteiger partial charge in [-0.05, 0) is 74.4 Å². The van der Waals surface area contributed by atoms with Gasteiger partial charge in [-0.1, -0.05) is 66.7 Å². The molecule has 1 saturated carbocycles. The molecule has 2 aliphatic rings. The van der Waals surface area contributed by atoms with Crippen LogP contribution in [0.4, 0.5) is 4.39 Å².